The molecule has 1 aromatic rings. The SMILES string of the molecule is O=C(O)c1ccnc(N2CCCC3C(=O)NCC32)c1. The highest BCUT2D eigenvalue weighted by Gasteiger charge is 2.41. The van der Waals surface area contributed by atoms with Gasteiger partial charge in [-0.2, -0.15) is 0 Å². The first-order valence-corrected chi connectivity index (χ1v) is 6.40. The van der Waals surface area contributed by atoms with Gasteiger partial charge in [-0.1, -0.05) is 0 Å². The highest BCUT2D eigenvalue weighted by Crippen LogP contribution is 2.30. The molecule has 0 radical (unpaired) electrons. The van der Waals surface area contributed by atoms with Gasteiger partial charge in [0, 0.05) is 19.3 Å². The van der Waals surface area contributed by atoms with Crippen molar-refractivity contribution in [2.24, 2.45) is 5.92 Å². The zero-order chi connectivity index (χ0) is 13.4. The van der Waals surface area contributed by atoms with Crippen LogP contribution in [0.5, 0.6) is 0 Å². The molecule has 1 amide bonds. The number of aromatic carboxylic acids is 1. The molecule has 3 heterocycles. The number of nitrogens with zero attached hydrogens (tertiary/aromatic N) is 2. The van der Waals surface area contributed by atoms with Crippen LogP contribution in [0.3, 0.4) is 0 Å². The molecule has 3 rings (SSSR count). The maximum Gasteiger partial charge on any atom is 0.335 e. The first-order valence-electron chi connectivity index (χ1n) is 6.40. The lowest BCUT2D eigenvalue weighted by Crippen LogP contribution is -2.46. The minimum atomic E-state index is -0.960. The van der Waals surface area contributed by atoms with Crippen LogP contribution >= 0.6 is 0 Å². The van der Waals surface area contributed by atoms with E-state index in [4.69, 9.17) is 5.11 Å². The number of pyridine rings is 1. The lowest BCUT2D eigenvalue weighted by Gasteiger charge is -2.36. The molecule has 0 saturated carbocycles. The summed E-state index contributed by atoms with van der Waals surface area (Å²) in [6.45, 7) is 1.43. The number of piperidine rings is 1. The van der Waals surface area contributed by atoms with Crippen molar-refractivity contribution in [3.05, 3.63) is 23.9 Å². The van der Waals surface area contributed by atoms with Crippen LogP contribution in [0.15, 0.2) is 18.3 Å². The quantitative estimate of drug-likeness (QED) is 0.809. The molecule has 2 atom stereocenters. The van der Waals surface area contributed by atoms with E-state index in [1.54, 1.807) is 6.07 Å². The summed E-state index contributed by atoms with van der Waals surface area (Å²) < 4.78 is 0. The third kappa shape index (κ3) is 2.03. The normalized spacial score (nSPS) is 25.9. The van der Waals surface area contributed by atoms with E-state index in [-0.39, 0.29) is 23.4 Å². The van der Waals surface area contributed by atoms with Crippen molar-refractivity contribution < 1.29 is 14.7 Å². The van der Waals surface area contributed by atoms with Crippen molar-refractivity contribution in [3.63, 3.8) is 0 Å². The average Bonchev–Trinajstić information content (AvgIpc) is 2.81. The first kappa shape index (κ1) is 12.0. The Morgan fingerprint density at radius 3 is 3.16 bits per heavy atom. The molecule has 6 nitrogen and oxygen atoms in total. The highest BCUT2D eigenvalue weighted by atomic mass is 16.4. The Labute approximate surface area is 110 Å². The van der Waals surface area contributed by atoms with Crippen molar-refractivity contribution in [2.45, 2.75) is 18.9 Å². The number of anilines is 1. The second-order valence-electron chi connectivity index (χ2n) is 4.96. The lowest BCUT2D eigenvalue weighted by molar-refractivity contribution is -0.123. The van der Waals surface area contributed by atoms with Crippen LogP contribution in [-0.4, -0.2) is 41.1 Å². The fourth-order valence-electron chi connectivity index (χ4n) is 2.94. The number of carboxylic acids is 1. The summed E-state index contributed by atoms with van der Waals surface area (Å²) >= 11 is 0. The van der Waals surface area contributed by atoms with Gasteiger partial charge in [-0.05, 0) is 25.0 Å². The van der Waals surface area contributed by atoms with Gasteiger partial charge in [-0.3, -0.25) is 4.79 Å². The maximum atomic E-state index is 11.7. The summed E-state index contributed by atoms with van der Waals surface area (Å²) in [5.74, 6) is -0.211. The summed E-state index contributed by atoms with van der Waals surface area (Å²) in [5.41, 5.74) is 0.226. The number of carboxylic acid groups (broad SMARTS) is 1. The molecule has 0 spiro atoms. The summed E-state index contributed by atoms with van der Waals surface area (Å²) in [6, 6.07) is 3.15. The number of aromatic nitrogens is 1. The van der Waals surface area contributed by atoms with Crippen molar-refractivity contribution in [1.82, 2.24) is 10.3 Å². The van der Waals surface area contributed by atoms with E-state index in [0.717, 1.165) is 19.4 Å². The predicted molar refractivity (Wildman–Crippen MR) is 68.1 cm³/mol. The fourth-order valence-corrected chi connectivity index (χ4v) is 2.94. The topological polar surface area (TPSA) is 82.5 Å². The molecule has 0 bridgehead atoms. The first-order chi connectivity index (χ1) is 9.16. The van der Waals surface area contributed by atoms with Gasteiger partial charge in [-0.15, -0.1) is 0 Å². The zero-order valence-corrected chi connectivity index (χ0v) is 10.4. The van der Waals surface area contributed by atoms with Crippen molar-refractivity contribution in [2.75, 3.05) is 18.0 Å². The molecule has 2 saturated heterocycles. The summed E-state index contributed by atoms with van der Waals surface area (Å²) in [4.78, 5) is 29.0. The number of hydrogen-bond donors (Lipinski definition) is 2. The molecular formula is C13H15N3O3. The molecule has 1 aromatic heterocycles. The molecule has 100 valence electrons. The van der Waals surface area contributed by atoms with Crippen LogP contribution in [0.25, 0.3) is 0 Å². The number of amides is 1. The van der Waals surface area contributed by atoms with Gasteiger partial charge < -0.3 is 15.3 Å². The van der Waals surface area contributed by atoms with E-state index >= 15 is 0 Å². The van der Waals surface area contributed by atoms with Gasteiger partial charge in [0.05, 0.1) is 17.5 Å². The molecule has 2 aliphatic heterocycles. The van der Waals surface area contributed by atoms with Gasteiger partial charge >= 0.3 is 5.97 Å². The minimum absolute atomic E-state index is 0.00374. The van der Waals surface area contributed by atoms with Crippen LogP contribution in [0, 0.1) is 5.92 Å². The fraction of sp³-hybridized carbons (Fsp3) is 0.462. The van der Waals surface area contributed by atoms with E-state index in [2.05, 4.69) is 15.2 Å². The Morgan fingerprint density at radius 2 is 2.37 bits per heavy atom. The molecule has 0 aromatic carbocycles. The molecule has 2 aliphatic rings. The van der Waals surface area contributed by atoms with E-state index in [1.165, 1.54) is 12.3 Å². The molecule has 6 heteroatoms. The Morgan fingerprint density at radius 1 is 1.53 bits per heavy atom. The molecule has 2 N–H and O–H groups in total. The second-order valence-corrected chi connectivity index (χ2v) is 4.96. The van der Waals surface area contributed by atoms with Crippen molar-refractivity contribution in [1.29, 1.82) is 0 Å². The van der Waals surface area contributed by atoms with Crippen molar-refractivity contribution >= 4 is 17.7 Å². The van der Waals surface area contributed by atoms with E-state index in [9.17, 15) is 9.59 Å². The predicted octanol–water partition coefficient (Wildman–Crippen LogP) is 0.495. The third-order valence-corrected chi connectivity index (χ3v) is 3.89. The van der Waals surface area contributed by atoms with Crippen LogP contribution in [0.2, 0.25) is 0 Å². The number of nitrogens with one attached hydrogen (secondary N) is 1. The highest BCUT2D eigenvalue weighted by molar-refractivity contribution is 5.88. The van der Waals surface area contributed by atoms with Crippen LogP contribution in [0.1, 0.15) is 23.2 Å². The maximum absolute atomic E-state index is 11.7. The van der Waals surface area contributed by atoms with Crippen LogP contribution in [0.4, 0.5) is 5.82 Å². The number of carbonyl (C=O) groups is 2. The second kappa shape index (κ2) is 4.53. The lowest BCUT2D eigenvalue weighted by atomic mass is 9.91. The van der Waals surface area contributed by atoms with Gasteiger partial charge in [0.25, 0.3) is 0 Å². The zero-order valence-electron chi connectivity index (χ0n) is 10.4. The number of rotatable bonds is 2. The Balaban J connectivity index is 1.91. The third-order valence-electron chi connectivity index (χ3n) is 3.89. The molecule has 2 fully saturated rings. The van der Waals surface area contributed by atoms with Gasteiger partial charge in [0.1, 0.15) is 5.82 Å². The number of fused-ring (bicyclic) bond motifs is 1. The van der Waals surface area contributed by atoms with Crippen molar-refractivity contribution in [3.8, 4) is 0 Å². The molecule has 0 aliphatic carbocycles. The van der Waals surface area contributed by atoms with E-state index in [1.807, 2.05) is 0 Å². The molecular weight excluding hydrogens is 246 g/mol. The molecule has 19 heavy (non-hydrogen) atoms. The average molecular weight is 261 g/mol. The van der Waals surface area contributed by atoms with Crippen LogP contribution in [-0.2, 0) is 4.79 Å². The van der Waals surface area contributed by atoms with Crippen LogP contribution < -0.4 is 10.2 Å². The monoisotopic (exact) mass is 261 g/mol. The Kier molecular flexibility index (Phi) is 2.85. The number of hydrogen-bond acceptors (Lipinski definition) is 4. The van der Waals surface area contributed by atoms with E-state index in [0.29, 0.717) is 12.4 Å². The smallest absolute Gasteiger partial charge is 0.335 e. The largest absolute Gasteiger partial charge is 0.478 e. The van der Waals surface area contributed by atoms with Gasteiger partial charge in [0.2, 0.25) is 5.91 Å². The standard InChI is InChI=1S/C13H15N3O3/c17-12-9-2-1-5-16(10(9)7-15-12)11-6-8(13(18)19)3-4-14-11/h3-4,6,9-10H,1-2,5,7H2,(H,15,17)(H,18,19). The number of carbonyl (C=O) groups excluding carboxylic acids is 1. The molecule has 2 unspecified atom stereocenters. The Hall–Kier alpha value is -2.11. The van der Waals surface area contributed by atoms with Gasteiger partial charge in [0.15, 0.2) is 0 Å². The summed E-state index contributed by atoms with van der Waals surface area (Å²) in [5, 5.41) is 11.9. The summed E-state index contributed by atoms with van der Waals surface area (Å²) in [6.07, 6.45) is 3.33. The van der Waals surface area contributed by atoms with Gasteiger partial charge in [-0.25, -0.2) is 9.78 Å². The Bertz CT molecular complexity index is 532. The minimum Gasteiger partial charge on any atom is -0.478 e. The van der Waals surface area contributed by atoms with E-state index < -0.39 is 5.97 Å². The summed E-state index contributed by atoms with van der Waals surface area (Å²) in [7, 11) is 0.